The number of hydrogen-bond acceptors (Lipinski definition) is 2. The first-order chi connectivity index (χ1) is 7.79. The van der Waals surface area contributed by atoms with Gasteiger partial charge in [-0.2, -0.15) is 0 Å². The third-order valence-corrected chi connectivity index (χ3v) is 2.72. The summed E-state index contributed by atoms with van der Waals surface area (Å²) in [4.78, 5) is 4.23. The van der Waals surface area contributed by atoms with Crippen molar-refractivity contribution in [3.05, 3.63) is 48.0 Å². The molecule has 3 rings (SSSR count). The lowest BCUT2D eigenvalue weighted by atomic mass is 10.2. The quantitative estimate of drug-likeness (QED) is 0.675. The smallest absolute Gasteiger partial charge is 0.137 e. The molecule has 0 radical (unpaired) electrons. The van der Waals surface area contributed by atoms with Crippen molar-refractivity contribution in [1.82, 2.24) is 9.38 Å². The summed E-state index contributed by atoms with van der Waals surface area (Å²) < 4.78 is 15.1. The van der Waals surface area contributed by atoms with Gasteiger partial charge in [0, 0.05) is 6.54 Å². The second-order valence-corrected chi connectivity index (χ2v) is 3.68. The molecule has 2 N–H and O–H groups in total. The number of pyridine rings is 1. The van der Waals surface area contributed by atoms with E-state index in [1.807, 2.05) is 16.5 Å². The molecule has 0 aliphatic rings. The zero-order chi connectivity index (χ0) is 11.1. The number of halogens is 1. The second-order valence-electron chi connectivity index (χ2n) is 3.68. The Morgan fingerprint density at radius 2 is 2.06 bits per heavy atom. The molecule has 3 nitrogen and oxygen atoms in total. The number of fused-ring (bicyclic) bond motifs is 3. The maximum Gasteiger partial charge on any atom is 0.137 e. The highest BCUT2D eigenvalue weighted by atomic mass is 19.1. The van der Waals surface area contributed by atoms with E-state index in [9.17, 15) is 4.39 Å². The minimum absolute atomic E-state index is 0.253. The van der Waals surface area contributed by atoms with E-state index < -0.39 is 0 Å². The number of hydrogen-bond donors (Lipinski definition) is 1. The average Bonchev–Trinajstić information content (AvgIpc) is 2.72. The minimum Gasteiger partial charge on any atom is -0.325 e. The van der Waals surface area contributed by atoms with E-state index in [-0.39, 0.29) is 5.82 Å². The summed E-state index contributed by atoms with van der Waals surface area (Å²) >= 11 is 0. The number of benzene rings is 1. The van der Waals surface area contributed by atoms with Gasteiger partial charge < -0.3 is 5.73 Å². The van der Waals surface area contributed by atoms with Gasteiger partial charge in [-0.05, 0) is 35.7 Å². The molecule has 4 heteroatoms. The number of nitrogens with two attached hydrogens (primary N) is 1. The summed E-state index contributed by atoms with van der Waals surface area (Å²) in [6, 6.07) is 8.54. The van der Waals surface area contributed by atoms with Crippen molar-refractivity contribution in [3.63, 3.8) is 0 Å². The highest BCUT2D eigenvalue weighted by molar-refractivity contribution is 5.82. The summed E-state index contributed by atoms with van der Waals surface area (Å²) in [7, 11) is 0. The molecule has 0 aliphatic heterocycles. The summed E-state index contributed by atoms with van der Waals surface area (Å²) in [6.07, 6.45) is 1.72. The normalized spacial score (nSPS) is 11.4. The Kier molecular flexibility index (Phi) is 1.91. The number of rotatable bonds is 1. The van der Waals surface area contributed by atoms with Crippen molar-refractivity contribution in [2.45, 2.75) is 6.54 Å². The fraction of sp³-hybridized carbons (Fsp3) is 0.0833. The van der Waals surface area contributed by atoms with Crippen LogP contribution in [0.5, 0.6) is 0 Å². The summed E-state index contributed by atoms with van der Waals surface area (Å²) in [5.41, 5.74) is 8.11. The fourth-order valence-electron chi connectivity index (χ4n) is 1.96. The van der Waals surface area contributed by atoms with Gasteiger partial charge in [-0.25, -0.2) is 9.37 Å². The van der Waals surface area contributed by atoms with Crippen LogP contribution in [-0.4, -0.2) is 9.38 Å². The summed E-state index contributed by atoms with van der Waals surface area (Å²) in [5.74, 6) is -0.253. The molecule has 0 unspecified atom stereocenters. The van der Waals surface area contributed by atoms with Crippen molar-refractivity contribution < 1.29 is 4.39 Å². The molecule has 0 saturated heterocycles. The monoisotopic (exact) mass is 215 g/mol. The number of imidazole rings is 1. The summed E-state index contributed by atoms with van der Waals surface area (Å²) in [5, 5.41) is 0.974. The van der Waals surface area contributed by atoms with Gasteiger partial charge in [-0.3, -0.25) is 4.40 Å². The third kappa shape index (κ3) is 1.20. The molecule has 0 aliphatic carbocycles. The van der Waals surface area contributed by atoms with E-state index in [2.05, 4.69) is 4.98 Å². The average molecular weight is 215 g/mol. The molecule has 0 amide bonds. The van der Waals surface area contributed by atoms with Crippen LogP contribution in [0.15, 0.2) is 36.5 Å². The molecule has 3 aromatic rings. The molecule has 0 bridgehead atoms. The Morgan fingerprint density at radius 3 is 2.88 bits per heavy atom. The van der Waals surface area contributed by atoms with E-state index in [1.165, 1.54) is 12.1 Å². The molecule has 0 saturated carbocycles. The molecule has 1 aromatic carbocycles. The molecule has 2 heterocycles. The Bertz CT molecular complexity index is 672. The van der Waals surface area contributed by atoms with E-state index in [1.54, 1.807) is 12.3 Å². The lowest BCUT2D eigenvalue weighted by Gasteiger charge is -2.04. The van der Waals surface area contributed by atoms with Gasteiger partial charge in [0.15, 0.2) is 0 Å². The van der Waals surface area contributed by atoms with E-state index >= 15 is 0 Å². The van der Waals surface area contributed by atoms with E-state index in [0.29, 0.717) is 6.54 Å². The van der Waals surface area contributed by atoms with Gasteiger partial charge in [-0.1, -0.05) is 0 Å². The Hall–Kier alpha value is -1.94. The van der Waals surface area contributed by atoms with Crippen LogP contribution in [0.2, 0.25) is 0 Å². The summed E-state index contributed by atoms with van der Waals surface area (Å²) in [6.45, 7) is 0.386. The van der Waals surface area contributed by atoms with Crippen LogP contribution >= 0.6 is 0 Å². The Balaban J connectivity index is 2.54. The predicted molar refractivity (Wildman–Crippen MR) is 60.5 cm³/mol. The lowest BCUT2D eigenvalue weighted by Crippen LogP contribution is -2.01. The zero-order valence-electron chi connectivity index (χ0n) is 8.52. The minimum atomic E-state index is -0.253. The van der Waals surface area contributed by atoms with Gasteiger partial charge in [-0.15, -0.1) is 0 Å². The molecule has 0 atom stereocenters. The maximum atomic E-state index is 13.2. The van der Waals surface area contributed by atoms with Gasteiger partial charge in [0.1, 0.15) is 11.5 Å². The Morgan fingerprint density at radius 1 is 1.25 bits per heavy atom. The maximum absolute atomic E-state index is 13.2. The second kappa shape index (κ2) is 3.28. The molecule has 2 aromatic heterocycles. The van der Waals surface area contributed by atoms with Crippen molar-refractivity contribution in [2.24, 2.45) is 5.73 Å². The molecular formula is C12H10FN3. The van der Waals surface area contributed by atoms with Gasteiger partial charge in [0.25, 0.3) is 0 Å². The van der Waals surface area contributed by atoms with Crippen LogP contribution in [-0.2, 0) is 6.54 Å². The Labute approximate surface area is 91.3 Å². The van der Waals surface area contributed by atoms with E-state index in [4.69, 9.17) is 5.73 Å². The largest absolute Gasteiger partial charge is 0.325 e. The standard InChI is InChI=1S/C12H10FN3/c13-9-3-1-8-2-4-12-15-7-10(6-14)16(12)11(8)5-9/h1-5,7H,6,14H2. The van der Waals surface area contributed by atoms with E-state index in [0.717, 1.165) is 22.2 Å². The first-order valence-corrected chi connectivity index (χ1v) is 5.04. The molecule has 16 heavy (non-hydrogen) atoms. The van der Waals surface area contributed by atoms with Gasteiger partial charge >= 0.3 is 0 Å². The van der Waals surface area contributed by atoms with Crippen LogP contribution in [0.3, 0.4) is 0 Å². The molecule has 0 fully saturated rings. The zero-order valence-corrected chi connectivity index (χ0v) is 8.52. The van der Waals surface area contributed by atoms with Crippen molar-refractivity contribution in [2.75, 3.05) is 0 Å². The first-order valence-electron chi connectivity index (χ1n) is 5.04. The lowest BCUT2D eigenvalue weighted by molar-refractivity contribution is 0.629. The van der Waals surface area contributed by atoms with Gasteiger partial charge in [0.2, 0.25) is 0 Å². The molecule has 0 spiro atoms. The SMILES string of the molecule is NCc1cnc2ccc3ccc(F)cc3n12. The van der Waals surface area contributed by atoms with Crippen LogP contribution < -0.4 is 5.73 Å². The first kappa shape index (κ1) is 9.30. The van der Waals surface area contributed by atoms with Crippen molar-refractivity contribution >= 4 is 16.6 Å². The van der Waals surface area contributed by atoms with Crippen LogP contribution in [0.4, 0.5) is 4.39 Å². The molecule has 80 valence electrons. The van der Waals surface area contributed by atoms with Crippen LogP contribution in [0, 0.1) is 5.82 Å². The highest BCUT2D eigenvalue weighted by Gasteiger charge is 2.06. The van der Waals surface area contributed by atoms with Gasteiger partial charge in [0.05, 0.1) is 17.4 Å². The topological polar surface area (TPSA) is 43.3 Å². The third-order valence-electron chi connectivity index (χ3n) is 2.72. The van der Waals surface area contributed by atoms with Crippen LogP contribution in [0.1, 0.15) is 5.69 Å². The highest BCUT2D eigenvalue weighted by Crippen LogP contribution is 2.19. The van der Waals surface area contributed by atoms with Crippen molar-refractivity contribution in [1.29, 1.82) is 0 Å². The van der Waals surface area contributed by atoms with Crippen LogP contribution in [0.25, 0.3) is 16.6 Å². The number of nitrogens with zero attached hydrogens (tertiary/aromatic N) is 2. The fourth-order valence-corrected chi connectivity index (χ4v) is 1.96. The predicted octanol–water partition coefficient (Wildman–Crippen LogP) is 2.09. The molecular weight excluding hydrogens is 205 g/mol. The number of aromatic nitrogens is 2. The van der Waals surface area contributed by atoms with Crippen molar-refractivity contribution in [3.8, 4) is 0 Å².